The minimum Gasteiger partial charge on any atom is -0.289 e. The SMILES string of the molecule is O=C(CCCCCN1c2ccc(Br)c3cccc(c23)S1(=O)=O)NO. The van der Waals surface area contributed by atoms with Crippen molar-refractivity contribution in [3.05, 3.63) is 34.8 Å². The Morgan fingerprint density at radius 2 is 1.96 bits per heavy atom. The number of nitrogens with zero attached hydrogens (tertiary/aromatic N) is 1. The molecule has 128 valence electrons. The number of amides is 1. The van der Waals surface area contributed by atoms with Crippen LogP contribution in [0, 0.1) is 0 Å². The van der Waals surface area contributed by atoms with Crippen molar-refractivity contribution in [2.75, 3.05) is 10.8 Å². The van der Waals surface area contributed by atoms with Crippen molar-refractivity contribution in [3.63, 3.8) is 0 Å². The van der Waals surface area contributed by atoms with Crippen molar-refractivity contribution in [1.29, 1.82) is 0 Å². The minimum absolute atomic E-state index is 0.228. The molecule has 0 spiro atoms. The van der Waals surface area contributed by atoms with Crippen molar-refractivity contribution in [1.82, 2.24) is 5.48 Å². The predicted octanol–water partition coefficient (Wildman–Crippen LogP) is 3.18. The summed E-state index contributed by atoms with van der Waals surface area (Å²) in [6.07, 6.45) is 2.17. The summed E-state index contributed by atoms with van der Waals surface area (Å²) >= 11 is 3.47. The van der Waals surface area contributed by atoms with E-state index in [-0.39, 0.29) is 6.42 Å². The lowest BCUT2D eigenvalue weighted by Gasteiger charge is -2.18. The van der Waals surface area contributed by atoms with E-state index < -0.39 is 15.9 Å². The quantitative estimate of drug-likeness (QED) is 0.433. The summed E-state index contributed by atoms with van der Waals surface area (Å²) < 4.78 is 27.9. The van der Waals surface area contributed by atoms with Gasteiger partial charge >= 0.3 is 0 Å². The Kier molecular flexibility index (Phi) is 4.80. The van der Waals surface area contributed by atoms with Gasteiger partial charge in [0.15, 0.2) is 0 Å². The number of sulfonamides is 1. The number of anilines is 1. The number of unbranched alkanes of at least 4 members (excludes halogenated alkanes) is 2. The Labute approximate surface area is 148 Å². The number of benzene rings is 2. The smallest absolute Gasteiger partial charge is 0.265 e. The molecule has 0 radical (unpaired) electrons. The summed E-state index contributed by atoms with van der Waals surface area (Å²) in [5.41, 5.74) is 2.30. The number of carbonyl (C=O) groups excluding carboxylic acids is 1. The zero-order valence-corrected chi connectivity index (χ0v) is 15.2. The number of hydrogen-bond donors (Lipinski definition) is 2. The highest BCUT2D eigenvalue weighted by atomic mass is 79.9. The third kappa shape index (κ3) is 2.89. The van der Waals surface area contributed by atoms with E-state index in [0.717, 1.165) is 15.2 Å². The molecule has 0 aromatic heterocycles. The Bertz CT molecular complexity index is 898. The summed E-state index contributed by atoms with van der Waals surface area (Å²) in [4.78, 5) is 11.3. The largest absolute Gasteiger partial charge is 0.289 e. The first-order valence-electron chi connectivity index (χ1n) is 7.63. The number of rotatable bonds is 6. The van der Waals surface area contributed by atoms with E-state index in [0.29, 0.717) is 36.4 Å². The van der Waals surface area contributed by atoms with Gasteiger partial charge in [-0.3, -0.25) is 14.3 Å². The van der Waals surface area contributed by atoms with E-state index >= 15 is 0 Å². The van der Waals surface area contributed by atoms with Crippen LogP contribution in [0.2, 0.25) is 0 Å². The summed E-state index contributed by atoms with van der Waals surface area (Å²) in [6, 6.07) is 8.97. The van der Waals surface area contributed by atoms with E-state index in [2.05, 4.69) is 15.9 Å². The van der Waals surface area contributed by atoms with Gasteiger partial charge in [-0.05, 0) is 36.4 Å². The highest BCUT2D eigenvalue weighted by Crippen LogP contribution is 2.44. The van der Waals surface area contributed by atoms with Crippen molar-refractivity contribution in [2.45, 2.75) is 30.6 Å². The monoisotopic (exact) mass is 412 g/mol. The van der Waals surface area contributed by atoms with Crippen LogP contribution in [0.3, 0.4) is 0 Å². The van der Waals surface area contributed by atoms with E-state index in [1.165, 1.54) is 4.31 Å². The molecule has 1 aliphatic heterocycles. The minimum atomic E-state index is -3.53. The van der Waals surface area contributed by atoms with Gasteiger partial charge < -0.3 is 0 Å². The fourth-order valence-corrected chi connectivity index (χ4v) is 5.21. The van der Waals surface area contributed by atoms with Crippen LogP contribution in [-0.4, -0.2) is 26.1 Å². The summed E-state index contributed by atoms with van der Waals surface area (Å²) in [5, 5.41) is 10.1. The molecule has 2 aromatic rings. The van der Waals surface area contributed by atoms with Gasteiger partial charge in [0, 0.05) is 22.8 Å². The van der Waals surface area contributed by atoms with Crippen LogP contribution in [0.25, 0.3) is 10.8 Å². The zero-order valence-electron chi connectivity index (χ0n) is 12.8. The van der Waals surface area contributed by atoms with Crippen LogP contribution in [-0.2, 0) is 14.8 Å². The molecule has 24 heavy (non-hydrogen) atoms. The van der Waals surface area contributed by atoms with Crippen molar-refractivity contribution >= 4 is 48.3 Å². The molecule has 0 fully saturated rings. The molecule has 8 heteroatoms. The molecule has 2 N–H and O–H groups in total. The van der Waals surface area contributed by atoms with Gasteiger partial charge in [-0.2, -0.15) is 0 Å². The van der Waals surface area contributed by atoms with Crippen molar-refractivity contribution in [2.24, 2.45) is 0 Å². The molecule has 2 aromatic carbocycles. The van der Waals surface area contributed by atoms with E-state index in [4.69, 9.17) is 5.21 Å². The summed E-state index contributed by atoms with van der Waals surface area (Å²) in [5.74, 6) is -0.425. The van der Waals surface area contributed by atoms with Crippen LogP contribution in [0.1, 0.15) is 25.7 Å². The third-order valence-corrected chi connectivity index (χ3v) is 6.70. The Balaban J connectivity index is 1.79. The molecule has 1 aliphatic rings. The Morgan fingerprint density at radius 3 is 2.71 bits per heavy atom. The van der Waals surface area contributed by atoms with Crippen LogP contribution in [0.15, 0.2) is 39.7 Å². The van der Waals surface area contributed by atoms with Crippen molar-refractivity contribution in [3.8, 4) is 0 Å². The summed E-state index contributed by atoms with van der Waals surface area (Å²) in [7, 11) is -3.53. The van der Waals surface area contributed by atoms with Gasteiger partial charge in [0.1, 0.15) is 0 Å². The predicted molar refractivity (Wildman–Crippen MR) is 94.6 cm³/mol. The third-order valence-electron chi connectivity index (χ3n) is 4.15. The number of hydrogen-bond acceptors (Lipinski definition) is 4. The normalized spacial score (nSPS) is 15.0. The zero-order chi connectivity index (χ0) is 17.3. The highest BCUT2D eigenvalue weighted by Gasteiger charge is 2.35. The van der Waals surface area contributed by atoms with Gasteiger partial charge in [-0.15, -0.1) is 0 Å². The lowest BCUT2D eigenvalue weighted by molar-refractivity contribution is -0.129. The molecular weight excluding hydrogens is 396 g/mol. The molecule has 0 aliphatic carbocycles. The van der Waals surface area contributed by atoms with E-state index in [9.17, 15) is 13.2 Å². The van der Waals surface area contributed by atoms with Crippen molar-refractivity contribution < 1.29 is 18.4 Å². The maximum Gasteiger partial charge on any atom is 0.265 e. The highest BCUT2D eigenvalue weighted by molar-refractivity contribution is 9.10. The fraction of sp³-hybridized carbons (Fsp3) is 0.312. The molecule has 6 nitrogen and oxygen atoms in total. The van der Waals surface area contributed by atoms with Crippen LogP contribution in [0.4, 0.5) is 5.69 Å². The fourth-order valence-electron chi connectivity index (χ4n) is 3.00. The average molecular weight is 413 g/mol. The molecule has 1 amide bonds. The maximum atomic E-state index is 12.8. The molecule has 0 unspecified atom stereocenters. The number of nitrogens with one attached hydrogen (secondary N) is 1. The second-order valence-electron chi connectivity index (χ2n) is 5.67. The maximum absolute atomic E-state index is 12.8. The van der Waals surface area contributed by atoms with Gasteiger partial charge in [0.05, 0.1) is 10.6 Å². The second kappa shape index (κ2) is 6.70. The van der Waals surface area contributed by atoms with E-state index in [1.807, 2.05) is 18.2 Å². The van der Waals surface area contributed by atoms with Gasteiger partial charge in [-0.25, -0.2) is 13.9 Å². The molecule has 0 bridgehead atoms. The first-order chi connectivity index (χ1) is 11.5. The topological polar surface area (TPSA) is 86.7 Å². The summed E-state index contributed by atoms with van der Waals surface area (Å²) in [6.45, 7) is 0.370. The van der Waals surface area contributed by atoms with Crippen LogP contribution < -0.4 is 9.79 Å². The lowest BCUT2D eigenvalue weighted by atomic mass is 10.1. The number of halogens is 1. The second-order valence-corrected chi connectivity index (χ2v) is 8.35. The van der Waals surface area contributed by atoms with Crippen LogP contribution in [0.5, 0.6) is 0 Å². The molecule has 1 heterocycles. The average Bonchev–Trinajstić information content (AvgIpc) is 2.79. The first-order valence-corrected chi connectivity index (χ1v) is 9.87. The number of carbonyl (C=O) groups is 1. The number of hydroxylamine groups is 1. The molecule has 0 atom stereocenters. The van der Waals surface area contributed by atoms with E-state index in [1.54, 1.807) is 17.6 Å². The first kappa shape index (κ1) is 17.2. The van der Waals surface area contributed by atoms with Gasteiger partial charge in [-0.1, -0.05) is 34.5 Å². The molecular formula is C16H17BrN2O4S. The Hall–Kier alpha value is -1.64. The van der Waals surface area contributed by atoms with Crippen LogP contribution >= 0.6 is 15.9 Å². The van der Waals surface area contributed by atoms with Gasteiger partial charge in [0.25, 0.3) is 10.0 Å². The molecule has 0 saturated carbocycles. The Morgan fingerprint density at radius 1 is 1.17 bits per heavy atom. The standard InChI is InChI=1S/C16H17BrN2O4S/c17-12-8-9-13-16-11(12)5-4-6-14(16)24(22,23)19(13)10-3-1-2-7-15(20)18-21/h4-6,8-9,21H,1-3,7,10H2,(H,18,20). The lowest BCUT2D eigenvalue weighted by Crippen LogP contribution is -2.28. The molecule has 0 saturated heterocycles. The van der Waals surface area contributed by atoms with Gasteiger partial charge in [0.2, 0.25) is 5.91 Å². The molecule has 3 rings (SSSR count).